The molecule has 0 saturated heterocycles. The number of carbonyl (C=O) groups is 1. The van der Waals surface area contributed by atoms with Crippen LogP contribution in [0.3, 0.4) is 0 Å². The maximum atomic E-state index is 13.1. The van der Waals surface area contributed by atoms with Crippen LogP contribution in [0.2, 0.25) is 0 Å². The van der Waals surface area contributed by atoms with E-state index >= 15 is 0 Å². The van der Waals surface area contributed by atoms with Crippen molar-refractivity contribution < 1.29 is 22.4 Å². The molecule has 0 aliphatic heterocycles. The molecule has 5 rings (SSSR count). The average molecular weight is 439 g/mol. The van der Waals surface area contributed by atoms with E-state index in [-0.39, 0.29) is 11.9 Å². The number of pyridine rings is 1. The van der Waals surface area contributed by atoms with Gasteiger partial charge in [0.1, 0.15) is 12.0 Å². The number of benzene rings is 1. The van der Waals surface area contributed by atoms with E-state index in [1.165, 1.54) is 24.8 Å². The van der Waals surface area contributed by atoms with Gasteiger partial charge in [-0.05, 0) is 48.2 Å². The van der Waals surface area contributed by atoms with E-state index in [2.05, 4.69) is 10.3 Å². The minimum atomic E-state index is -4.38. The number of oxazole rings is 1. The second-order valence-corrected chi connectivity index (χ2v) is 8.02. The summed E-state index contributed by atoms with van der Waals surface area (Å²) in [4.78, 5) is 17.3. The summed E-state index contributed by atoms with van der Waals surface area (Å²) in [6.45, 7) is 0. The summed E-state index contributed by atoms with van der Waals surface area (Å²) >= 11 is 0. The van der Waals surface area contributed by atoms with Crippen molar-refractivity contribution in [3.8, 4) is 22.5 Å². The van der Waals surface area contributed by atoms with E-state index in [0.717, 1.165) is 43.3 Å². The van der Waals surface area contributed by atoms with Crippen LogP contribution in [-0.2, 0) is 6.18 Å². The lowest BCUT2D eigenvalue weighted by atomic mass is 10.1. The smallest absolute Gasteiger partial charge is 0.416 e. The summed E-state index contributed by atoms with van der Waals surface area (Å²) in [5.74, 6) is -0.172. The fourth-order valence-corrected chi connectivity index (χ4v) is 4.29. The summed E-state index contributed by atoms with van der Waals surface area (Å²) in [7, 11) is 0. The van der Waals surface area contributed by atoms with E-state index < -0.39 is 11.7 Å². The van der Waals surface area contributed by atoms with Gasteiger partial charge < -0.3 is 14.1 Å². The van der Waals surface area contributed by atoms with E-state index in [0.29, 0.717) is 28.1 Å². The first-order valence-electron chi connectivity index (χ1n) is 10.4. The first-order chi connectivity index (χ1) is 15.4. The van der Waals surface area contributed by atoms with Crippen molar-refractivity contribution in [3.63, 3.8) is 0 Å². The Morgan fingerprint density at radius 1 is 1.06 bits per heavy atom. The van der Waals surface area contributed by atoms with Crippen LogP contribution >= 0.6 is 0 Å². The fraction of sp³-hybridized carbons (Fsp3) is 0.250. The summed E-state index contributed by atoms with van der Waals surface area (Å²) in [5, 5.41) is 3.11. The van der Waals surface area contributed by atoms with E-state index in [1.54, 1.807) is 12.3 Å². The topological polar surface area (TPSA) is 59.5 Å². The van der Waals surface area contributed by atoms with Gasteiger partial charge in [-0.15, -0.1) is 0 Å². The summed E-state index contributed by atoms with van der Waals surface area (Å²) in [6, 6.07) is 10.6. The van der Waals surface area contributed by atoms with Gasteiger partial charge in [0.15, 0.2) is 6.39 Å². The number of fused-ring (bicyclic) bond motifs is 1. The van der Waals surface area contributed by atoms with Crippen molar-refractivity contribution in [3.05, 3.63) is 72.4 Å². The van der Waals surface area contributed by atoms with Crippen LogP contribution in [0.25, 0.3) is 28.0 Å². The zero-order valence-corrected chi connectivity index (χ0v) is 17.0. The van der Waals surface area contributed by atoms with Crippen molar-refractivity contribution in [2.24, 2.45) is 0 Å². The lowest BCUT2D eigenvalue weighted by Crippen LogP contribution is -2.32. The molecule has 32 heavy (non-hydrogen) atoms. The van der Waals surface area contributed by atoms with Crippen LogP contribution in [-0.4, -0.2) is 21.3 Å². The van der Waals surface area contributed by atoms with Crippen molar-refractivity contribution in [1.29, 1.82) is 0 Å². The molecule has 0 spiro atoms. The van der Waals surface area contributed by atoms with Gasteiger partial charge in [-0.3, -0.25) is 4.79 Å². The molecule has 5 nitrogen and oxygen atoms in total. The molecule has 3 aromatic heterocycles. The number of aromatic nitrogens is 2. The van der Waals surface area contributed by atoms with Crippen LogP contribution in [0.4, 0.5) is 13.2 Å². The normalized spacial score (nSPS) is 14.8. The third-order valence-corrected chi connectivity index (χ3v) is 5.92. The lowest BCUT2D eigenvalue weighted by Gasteiger charge is -2.12. The number of nitrogens with one attached hydrogen (secondary N) is 1. The Balaban J connectivity index is 1.57. The quantitative estimate of drug-likeness (QED) is 0.427. The van der Waals surface area contributed by atoms with Crippen molar-refractivity contribution >= 4 is 11.4 Å². The van der Waals surface area contributed by atoms with Gasteiger partial charge in [-0.1, -0.05) is 31.0 Å². The maximum Gasteiger partial charge on any atom is 0.416 e. The van der Waals surface area contributed by atoms with Crippen LogP contribution < -0.4 is 5.32 Å². The Kier molecular flexibility index (Phi) is 5.00. The highest BCUT2D eigenvalue weighted by Crippen LogP contribution is 2.33. The highest BCUT2D eigenvalue weighted by Gasteiger charge is 2.30. The Morgan fingerprint density at radius 3 is 2.44 bits per heavy atom. The minimum Gasteiger partial charge on any atom is -0.451 e. The summed E-state index contributed by atoms with van der Waals surface area (Å²) < 4.78 is 45.7. The van der Waals surface area contributed by atoms with Gasteiger partial charge in [-0.25, -0.2) is 4.98 Å². The molecule has 4 aromatic rings. The SMILES string of the molecule is O=C(NC1CCCC1)c1cc2ccc(-c3ccc(C(F)(F)F)cc3)cn2c1-c1cocn1. The van der Waals surface area contributed by atoms with Crippen molar-refractivity contribution in [2.75, 3.05) is 0 Å². The van der Waals surface area contributed by atoms with Crippen LogP contribution in [0.1, 0.15) is 41.6 Å². The molecule has 164 valence electrons. The van der Waals surface area contributed by atoms with Crippen LogP contribution in [0.5, 0.6) is 0 Å². The molecule has 0 atom stereocenters. The molecule has 0 bridgehead atoms. The number of nitrogens with zero attached hydrogens (tertiary/aromatic N) is 2. The Hall–Kier alpha value is -3.55. The number of hydrogen-bond acceptors (Lipinski definition) is 3. The third-order valence-electron chi connectivity index (χ3n) is 5.92. The number of halogens is 3. The van der Waals surface area contributed by atoms with Gasteiger partial charge in [0, 0.05) is 17.8 Å². The number of hydrogen-bond donors (Lipinski definition) is 1. The number of carbonyl (C=O) groups excluding carboxylic acids is 1. The second kappa shape index (κ2) is 7.85. The largest absolute Gasteiger partial charge is 0.451 e. The molecule has 1 aliphatic rings. The van der Waals surface area contributed by atoms with E-state index in [1.807, 2.05) is 16.5 Å². The zero-order valence-electron chi connectivity index (χ0n) is 17.0. The molecule has 3 heterocycles. The number of alkyl halides is 3. The molecular weight excluding hydrogens is 419 g/mol. The number of rotatable bonds is 4. The monoisotopic (exact) mass is 439 g/mol. The third kappa shape index (κ3) is 3.77. The van der Waals surface area contributed by atoms with Gasteiger partial charge >= 0.3 is 6.18 Å². The van der Waals surface area contributed by atoms with Crippen LogP contribution in [0.15, 0.2) is 65.7 Å². The standard InChI is InChI=1S/C24H20F3N3O2/c25-24(26,27)17-8-5-15(6-9-17)16-7-10-19-11-20(23(31)29-18-3-1-2-4-18)22(30(19)12-16)21-13-32-14-28-21/h5-14,18H,1-4H2,(H,29,31). The molecule has 1 aromatic carbocycles. The van der Waals surface area contributed by atoms with E-state index in [9.17, 15) is 18.0 Å². The Labute approximate surface area is 181 Å². The number of amides is 1. The molecule has 0 unspecified atom stereocenters. The van der Waals surface area contributed by atoms with E-state index in [4.69, 9.17) is 4.42 Å². The van der Waals surface area contributed by atoms with Gasteiger partial charge in [-0.2, -0.15) is 13.2 Å². The highest BCUT2D eigenvalue weighted by atomic mass is 19.4. The Bertz CT molecular complexity index is 1250. The lowest BCUT2D eigenvalue weighted by molar-refractivity contribution is -0.137. The predicted octanol–water partition coefficient (Wildman–Crippen LogP) is 5.95. The first kappa shape index (κ1) is 20.4. The predicted molar refractivity (Wildman–Crippen MR) is 113 cm³/mol. The minimum absolute atomic E-state index is 0.165. The van der Waals surface area contributed by atoms with Gasteiger partial charge in [0.05, 0.1) is 16.8 Å². The second-order valence-electron chi connectivity index (χ2n) is 8.02. The summed E-state index contributed by atoms with van der Waals surface area (Å²) in [5.41, 5.74) is 3.00. The molecule has 1 aliphatic carbocycles. The van der Waals surface area contributed by atoms with Crippen molar-refractivity contribution in [2.45, 2.75) is 37.9 Å². The molecule has 1 saturated carbocycles. The molecule has 1 fully saturated rings. The molecule has 1 N–H and O–H groups in total. The maximum absolute atomic E-state index is 13.1. The van der Waals surface area contributed by atoms with Gasteiger partial charge in [0.2, 0.25) is 0 Å². The van der Waals surface area contributed by atoms with Gasteiger partial charge in [0.25, 0.3) is 5.91 Å². The van der Waals surface area contributed by atoms with Crippen LogP contribution in [0, 0.1) is 0 Å². The fourth-order valence-electron chi connectivity index (χ4n) is 4.29. The average Bonchev–Trinajstić information content (AvgIpc) is 3.53. The first-order valence-corrected chi connectivity index (χ1v) is 10.4. The van der Waals surface area contributed by atoms with Crippen molar-refractivity contribution in [1.82, 2.24) is 14.7 Å². The summed E-state index contributed by atoms with van der Waals surface area (Å²) in [6.07, 6.45) is 4.34. The zero-order chi connectivity index (χ0) is 22.3. The Morgan fingerprint density at radius 2 is 1.78 bits per heavy atom. The molecule has 8 heteroatoms. The molecule has 0 radical (unpaired) electrons. The molecular formula is C24H20F3N3O2. The molecule has 1 amide bonds. The highest BCUT2D eigenvalue weighted by molar-refractivity contribution is 6.02.